The van der Waals surface area contributed by atoms with E-state index in [1.165, 1.54) is 25.3 Å². The molecule has 4 rings (SSSR count). The molecule has 0 atom stereocenters. The summed E-state index contributed by atoms with van der Waals surface area (Å²) in [6, 6.07) is 11.9. The average molecular weight is 395 g/mol. The van der Waals surface area contributed by atoms with E-state index in [0.717, 1.165) is 29.9 Å². The molecule has 9 heteroatoms. The second-order valence-corrected chi connectivity index (χ2v) is 6.85. The summed E-state index contributed by atoms with van der Waals surface area (Å²) in [4.78, 5) is 35.5. The number of benzene rings is 2. The zero-order valence-electron chi connectivity index (χ0n) is 16.0. The fourth-order valence-electron chi connectivity index (χ4n) is 3.57. The number of nitro groups is 1. The van der Waals surface area contributed by atoms with Gasteiger partial charge in [-0.2, -0.15) is 0 Å². The molecule has 29 heavy (non-hydrogen) atoms. The van der Waals surface area contributed by atoms with Gasteiger partial charge in [-0.05, 0) is 24.6 Å². The van der Waals surface area contributed by atoms with Crippen molar-refractivity contribution in [3.63, 3.8) is 0 Å². The van der Waals surface area contributed by atoms with Crippen LogP contribution in [0.15, 0.2) is 42.5 Å². The first-order valence-corrected chi connectivity index (χ1v) is 9.38. The highest BCUT2D eigenvalue weighted by Gasteiger charge is 2.25. The number of non-ortho nitro benzene ring substituents is 1. The number of H-pyrrole nitrogens is 1. The van der Waals surface area contributed by atoms with Gasteiger partial charge in [0, 0.05) is 38.3 Å². The maximum atomic E-state index is 13.1. The Hall–Kier alpha value is -3.62. The SMILES string of the molecule is COc1ccc([N+](=O)[O-])cc1C(=O)N1CCCN(c2nc3ccccc3[nH]2)CC1. The molecular weight excluding hydrogens is 374 g/mol. The van der Waals surface area contributed by atoms with Crippen LogP contribution in [0.4, 0.5) is 11.6 Å². The first-order chi connectivity index (χ1) is 14.1. The molecule has 0 saturated carbocycles. The summed E-state index contributed by atoms with van der Waals surface area (Å²) in [6.07, 6.45) is 0.764. The Bertz CT molecular complexity index is 1030. The number of amides is 1. The molecule has 2 heterocycles. The van der Waals surface area contributed by atoms with E-state index in [1.54, 1.807) is 4.90 Å². The highest BCUT2D eigenvalue weighted by molar-refractivity contribution is 5.97. The first kappa shape index (κ1) is 18.7. The molecular formula is C20H21N5O4. The number of hydrogen-bond donors (Lipinski definition) is 1. The summed E-state index contributed by atoms with van der Waals surface area (Å²) < 4.78 is 5.25. The first-order valence-electron chi connectivity index (χ1n) is 9.38. The molecule has 0 bridgehead atoms. The molecule has 1 saturated heterocycles. The van der Waals surface area contributed by atoms with Crippen LogP contribution in [0.2, 0.25) is 0 Å². The van der Waals surface area contributed by atoms with Crippen LogP contribution in [-0.2, 0) is 0 Å². The van der Waals surface area contributed by atoms with Gasteiger partial charge in [-0.3, -0.25) is 14.9 Å². The highest BCUT2D eigenvalue weighted by atomic mass is 16.6. The van der Waals surface area contributed by atoms with Gasteiger partial charge in [-0.25, -0.2) is 4.98 Å². The summed E-state index contributed by atoms with van der Waals surface area (Å²) in [5.41, 5.74) is 1.95. The minimum absolute atomic E-state index is 0.132. The van der Waals surface area contributed by atoms with Gasteiger partial charge >= 0.3 is 0 Å². The van der Waals surface area contributed by atoms with Gasteiger partial charge in [0.15, 0.2) is 0 Å². The lowest BCUT2D eigenvalue weighted by Gasteiger charge is -2.22. The number of imidazole rings is 1. The van der Waals surface area contributed by atoms with Crippen LogP contribution in [0, 0.1) is 10.1 Å². The molecule has 1 amide bonds. The molecule has 0 aliphatic carbocycles. The third kappa shape index (κ3) is 3.71. The smallest absolute Gasteiger partial charge is 0.270 e. The predicted molar refractivity (Wildman–Crippen MR) is 108 cm³/mol. The van der Waals surface area contributed by atoms with Gasteiger partial charge in [0.2, 0.25) is 5.95 Å². The summed E-state index contributed by atoms with van der Waals surface area (Å²) in [6.45, 7) is 2.42. The maximum Gasteiger partial charge on any atom is 0.270 e. The van der Waals surface area contributed by atoms with Crippen molar-refractivity contribution in [2.45, 2.75) is 6.42 Å². The number of carbonyl (C=O) groups is 1. The van der Waals surface area contributed by atoms with Crippen molar-refractivity contribution in [1.29, 1.82) is 0 Å². The quantitative estimate of drug-likeness (QED) is 0.538. The second-order valence-electron chi connectivity index (χ2n) is 6.85. The highest BCUT2D eigenvalue weighted by Crippen LogP contribution is 2.26. The number of anilines is 1. The minimum Gasteiger partial charge on any atom is -0.496 e. The molecule has 2 aromatic carbocycles. The molecule has 1 aliphatic rings. The third-order valence-corrected chi connectivity index (χ3v) is 5.08. The number of para-hydroxylation sites is 2. The average Bonchev–Trinajstić information content (AvgIpc) is 3.02. The van der Waals surface area contributed by atoms with Crippen LogP contribution in [0.3, 0.4) is 0 Å². The number of hydrogen-bond acceptors (Lipinski definition) is 6. The van der Waals surface area contributed by atoms with Gasteiger partial charge in [0.05, 0.1) is 28.6 Å². The summed E-state index contributed by atoms with van der Waals surface area (Å²) in [7, 11) is 1.45. The van der Waals surface area contributed by atoms with Crippen molar-refractivity contribution in [2.75, 3.05) is 38.2 Å². The number of carbonyl (C=O) groups excluding carboxylic acids is 1. The molecule has 9 nitrogen and oxygen atoms in total. The fourth-order valence-corrected chi connectivity index (χ4v) is 3.57. The number of nitrogens with one attached hydrogen (secondary N) is 1. The molecule has 150 valence electrons. The van der Waals surface area contributed by atoms with E-state index >= 15 is 0 Å². The second kappa shape index (κ2) is 7.78. The molecule has 1 fully saturated rings. The van der Waals surface area contributed by atoms with Crippen LogP contribution in [-0.4, -0.2) is 59.0 Å². The minimum atomic E-state index is -0.512. The van der Waals surface area contributed by atoms with Crippen molar-refractivity contribution in [2.24, 2.45) is 0 Å². The monoisotopic (exact) mass is 395 g/mol. The zero-order valence-corrected chi connectivity index (χ0v) is 16.0. The molecule has 0 radical (unpaired) electrons. The number of nitrogens with zero attached hydrogens (tertiary/aromatic N) is 4. The number of ether oxygens (including phenoxy) is 1. The molecule has 1 aromatic heterocycles. The molecule has 1 aliphatic heterocycles. The van der Waals surface area contributed by atoms with Gasteiger partial charge in [-0.1, -0.05) is 12.1 Å². The van der Waals surface area contributed by atoms with Crippen molar-refractivity contribution in [3.8, 4) is 5.75 Å². The molecule has 3 aromatic rings. The normalized spacial score (nSPS) is 14.7. The standard InChI is InChI=1S/C20H21N5O4/c1-29-18-8-7-14(25(27)28)13-15(18)19(26)23-9-4-10-24(12-11-23)20-21-16-5-2-3-6-17(16)22-20/h2-3,5-8,13H,4,9-12H2,1H3,(H,21,22). The topological polar surface area (TPSA) is 105 Å². The lowest BCUT2D eigenvalue weighted by atomic mass is 10.1. The van der Waals surface area contributed by atoms with E-state index < -0.39 is 4.92 Å². The van der Waals surface area contributed by atoms with E-state index in [1.807, 2.05) is 24.3 Å². The van der Waals surface area contributed by atoms with Gasteiger partial charge in [-0.15, -0.1) is 0 Å². The van der Waals surface area contributed by atoms with Crippen LogP contribution in [0.5, 0.6) is 5.75 Å². The zero-order chi connectivity index (χ0) is 20.4. The van der Waals surface area contributed by atoms with E-state index in [4.69, 9.17) is 4.74 Å². The Kier molecular flexibility index (Phi) is 5.03. The lowest BCUT2D eigenvalue weighted by Crippen LogP contribution is -2.35. The number of rotatable bonds is 4. The summed E-state index contributed by atoms with van der Waals surface area (Å²) in [5, 5.41) is 11.1. The van der Waals surface area contributed by atoms with Crippen molar-refractivity contribution >= 4 is 28.6 Å². The van der Waals surface area contributed by atoms with Crippen molar-refractivity contribution in [1.82, 2.24) is 14.9 Å². The predicted octanol–water partition coefficient (Wildman–Crippen LogP) is 2.83. The van der Waals surface area contributed by atoms with Crippen molar-refractivity contribution in [3.05, 3.63) is 58.1 Å². The number of aromatic nitrogens is 2. The Morgan fingerprint density at radius 1 is 1.17 bits per heavy atom. The molecule has 0 spiro atoms. The largest absolute Gasteiger partial charge is 0.496 e. The van der Waals surface area contributed by atoms with Crippen LogP contribution >= 0.6 is 0 Å². The fraction of sp³-hybridized carbons (Fsp3) is 0.300. The van der Waals surface area contributed by atoms with Gasteiger partial charge in [0.25, 0.3) is 11.6 Å². The lowest BCUT2D eigenvalue weighted by molar-refractivity contribution is -0.384. The van der Waals surface area contributed by atoms with E-state index in [0.29, 0.717) is 25.4 Å². The van der Waals surface area contributed by atoms with Crippen molar-refractivity contribution < 1.29 is 14.5 Å². The Morgan fingerprint density at radius 2 is 2.00 bits per heavy atom. The number of aromatic amines is 1. The van der Waals surface area contributed by atoms with Crippen LogP contribution < -0.4 is 9.64 Å². The Balaban J connectivity index is 1.53. The van der Waals surface area contributed by atoms with Crippen LogP contribution in [0.1, 0.15) is 16.8 Å². The van der Waals surface area contributed by atoms with E-state index in [-0.39, 0.29) is 17.2 Å². The number of methoxy groups -OCH3 is 1. The summed E-state index contributed by atoms with van der Waals surface area (Å²) >= 11 is 0. The Labute approximate surface area is 167 Å². The summed E-state index contributed by atoms with van der Waals surface area (Å²) in [5.74, 6) is 0.851. The molecule has 0 unspecified atom stereocenters. The van der Waals surface area contributed by atoms with Gasteiger partial charge in [0.1, 0.15) is 5.75 Å². The maximum absolute atomic E-state index is 13.1. The molecule has 1 N–H and O–H groups in total. The van der Waals surface area contributed by atoms with Crippen LogP contribution in [0.25, 0.3) is 11.0 Å². The number of nitro benzene ring substituents is 1. The van der Waals surface area contributed by atoms with E-state index in [9.17, 15) is 14.9 Å². The Morgan fingerprint density at radius 3 is 2.76 bits per heavy atom. The van der Waals surface area contributed by atoms with E-state index in [2.05, 4.69) is 14.9 Å². The van der Waals surface area contributed by atoms with Gasteiger partial charge < -0.3 is 19.5 Å². The number of fused-ring (bicyclic) bond motifs is 1. The third-order valence-electron chi connectivity index (χ3n) is 5.08.